The molecule has 3 N–H and O–H groups in total. The summed E-state index contributed by atoms with van der Waals surface area (Å²) in [5, 5.41) is 11.8. The molecule has 106 valence electrons. The number of thiazole rings is 1. The van der Waals surface area contributed by atoms with E-state index in [9.17, 15) is 4.79 Å². The van der Waals surface area contributed by atoms with Gasteiger partial charge in [0.05, 0.1) is 13.1 Å². The molecule has 6 nitrogen and oxygen atoms in total. The van der Waals surface area contributed by atoms with Crippen LogP contribution in [0.4, 0.5) is 0 Å². The van der Waals surface area contributed by atoms with Crippen LogP contribution in [0.2, 0.25) is 0 Å². The number of nitrogens with one attached hydrogen (secondary N) is 3. The summed E-state index contributed by atoms with van der Waals surface area (Å²) in [5.74, 6) is 0.518. The van der Waals surface area contributed by atoms with Crippen molar-refractivity contribution in [2.45, 2.75) is 32.9 Å². The van der Waals surface area contributed by atoms with Crippen LogP contribution in [0.3, 0.4) is 0 Å². The van der Waals surface area contributed by atoms with Gasteiger partial charge in [0.15, 0.2) is 5.96 Å². The van der Waals surface area contributed by atoms with Crippen molar-refractivity contribution in [3.63, 3.8) is 0 Å². The van der Waals surface area contributed by atoms with Gasteiger partial charge in [-0.15, -0.1) is 11.3 Å². The van der Waals surface area contributed by atoms with Crippen LogP contribution < -0.4 is 16.0 Å². The standard InChI is InChI=1S/C12H21N5OS/c1-12(2,3)17-9(18)7-15-11(13-4)16-8-10-14-5-6-19-10/h5-6H,7-8H2,1-4H3,(H,17,18)(H2,13,15,16). The topological polar surface area (TPSA) is 78.4 Å². The van der Waals surface area contributed by atoms with Crippen LogP contribution in [0.25, 0.3) is 0 Å². The molecule has 0 aliphatic heterocycles. The van der Waals surface area contributed by atoms with Gasteiger partial charge in [-0.1, -0.05) is 0 Å². The molecule has 1 aromatic heterocycles. The molecule has 0 saturated heterocycles. The van der Waals surface area contributed by atoms with Crippen LogP contribution in [-0.4, -0.2) is 36.0 Å². The summed E-state index contributed by atoms with van der Waals surface area (Å²) in [4.78, 5) is 19.9. The smallest absolute Gasteiger partial charge is 0.239 e. The van der Waals surface area contributed by atoms with Gasteiger partial charge in [-0.3, -0.25) is 9.79 Å². The lowest BCUT2D eigenvalue weighted by Crippen LogP contribution is -2.48. The van der Waals surface area contributed by atoms with E-state index in [1.165, 1.54) is 0 Å². The maximum atomic E-state index is 11.6. The van der Waals surface area contributed by atoms with E-state index in [4.69, 9.17) is 0 Å². The quantitative estimate of drug-likeness (QED) is 0.562. The van der Waals surface area contributed by atoms with Crippen molar-refractivity contribution in [2.75, 3.05) is 13.6 Å². The third-order valence-electron chi connectivity index (χ3n) is 2.04. The lowest BCUT2D eigenvalue weighted by atomic mass is 10.1. The molecule has 0 fully saturated rings. The van der Waals surface area contributed by atoms with E-state index in [2.05, 4.69) is 25.9 Å². The second kappa shape index (κ2) is 7.08. The Hall–Kier alpha value is -1.63. The predicted octanol–water partition coefficient (Wildman–Crippen LogP) is 0.723. The summed E-state index contributed by atoms with van der Waals surface area (Å²) in [7, 11) is 1.67. The first-order valence-electron chi connectivity index (χ1n) is 6.04. The molecule has 0 unspecified atom stereocenters. The minimum atomic E-state index is -0.226. The second-order valence-electron chi connectivity index (χ2n) is 5.00. The fraction of sp³-hybridized carbons (Fsp3) is 0.583. The van der Waals surface area contributed by atoms with Gasteiger partial charge in [0.1, 0.15) is 5.01 Å². The molecule has 19 heavy (non-hydrogen) atoms. The average molecular weight is 283 g/mol. The number of guanidine groups is 1. The lowest BCUT2D eigenvalue weighted by molar-refractivity contribution is -0.121. The van der Waals surface area contributed by atoms with E-state index in [1.807, 2.05) is 26.2 Å². The van der Waals surface area contributed by atoms with Crippen LogP contribution in [0.15, 0.2) is 16.6 Å². The minimum Gasteiger partial charge on any atom is -0.350 e. The van der Waals surface area contributed by atoms with Crippen molar-refractivity contribution >= 4 is 23.2 Å². The van der Waals surface area contributed by atoms with Gasteiger partial charge in [-0.25, -0.2) is 4.98 Å². The van der Waals surface area contributed by atoms with Gasteiger partial charge in [0.25, 0.3) is 0 Å². The van der Waals surface area contributed by atoms with Gasteiger partial charge in [-0.05, 0) is 20.8 Å². The highest BCUT2D eigenvalue weighted by molar-refractivity contribution is 7.09. The van der Waals surface area contributed by atoms with Crippen molar-refractivity contribution in [2.24, 2.45) is 4.99 Å². The van der Waals surface area contributed by atoms with Crippen molar-refractivity contribution in [1.29, 1.82) is 0 Å². The highest BCUT2D eigenvalue weighted by atomic mass is 32.1. The third kappa shape index (κ3) is 6.76. The molecule has 0 aliphatic rings. The Bertz CT molecular complexity index is 422. The predicted molar refractivity (Wildman–Crippen MR) is 78.2 cm³/mol. The summed E-state index contributed by atoms with van der Waals surface area (Å²) in [5.41, 5.74) is -0.226. The molecule has 0 saturated carbocycles. The van der Waals surface area contributed by atoms with E-state index >= 15 is 0 Å². The van der Waals surface area contributed by atoms with Crippen molar-refractivity contribution in [1.82, 2.24) is 20.9 Å². The van der Waals surface area contributed by atoms with Gasteiger partial charge < -0.3 is 16.0 Å². The number of hydrogen-bond acceptors (Lipinski definition) is 4. The molecule has 1 rings (SSSR count). The molecule has 7 heteroatoms. The van der Waals surface area contributed by atoms with Crippen LogP contribution in [0.1, 0.15) is 25.8 Å². The number of carbonyl (C=O) groups is 1. The van der Waals surface area contributed by atoms with E-state index in [-0.39, 0.29) is 18.0 Å². The van der Waals surface area contributed by atoms with E-state index in [0.717, 1.165) is 5.01 Å². The number of rotatable bonds is 4. The molecule has 1 aromatic rings. The molecule has 0 aliphatic carbocycles. The highest BCUT2D eigenvalue weighted by Crippen LogP contribution is 2.02. The number of nitrogens with zero attached hydrogens (tertiary/aromatic N) is 2. The number of amides is 1. The third-order valence-corrected chi connectivity index (χ3v) is 2.82. The molecule has 0 aromatic carbocycles. The van der Waals surface area contributed by atoms with Crippen molar-refractivity contribution in [3.05, 3.63) is 16.6 Å². The van der Waals surface area contributed by atoms with Crippen LogP contribution >= 0.6 is 11.3 Å². The van der Waals surface area contributed by atoms with Crippen molar-refractivity contribution in [3.8, 4) is 0 Å². The molecular formula is C12H21N5OS. The summed E-state index contributed by atoms with van der Waals surface area (Å²) in [6.45, 7) is 6.62. The first kappa shape index (κ1) is 15.4. The molecule has 1 heterocycles. The van der Waals surface area contributed by atoms with E-state index in [1.54, 1.807) is 24.6 Å². The number of aliphatic imine (C=N–C) groups is 1. The Morgan fingerprint density at radius 2 is 2.16 bits per heavy atom. The number of hydrogen-bond donors (Lipinski definition) is 3. The molecule has 0 atom stereocenters. The maximum absolute atomic E-state index is 11.6. The Balaban J connectivity index is 2.31. The zero-order valence-electron chi connectivity index (χ0n) is 11.8. The SMILES string of the molecule is CN=C(NCC(=O)NC(C)(C)C)NCc1nccs1. The van der Waals surface area contributed by atoms with Crippen LogP contribution in [-0.2, 0) is 11.3 Å². The first-order valence-corrected chi connectivity index (χ1v) is 6.92. The molecule has 0 spiro atoms. The summed E-state index contributed by atoms with van der Waals surface area (Å²) >= 11 is 1.57. The van der Waals surface area contributed by atoms with Gasteiger partial charge in [-0.2, -0.15) is 0 Å². The Kier molecular flexibility index (Phi) is 5.75. The van der Waals surface area contributed by atoms with Crippen molar-refractivity contribution < 1.29 is 4.79 Å². The second-order valence-corrected chi connectivity index (χ2v) is 5.98. The van der Waals surface area contributed by atoms with E-state index in [0.29, 0.717) is 12.5 Å². The molecule has 1 amide bonds. The monoisotopic (exact) mass is 283 g/mol. The molecular weight excluding hydrogens is 262 g/mol. The highest BCUT2D eigenvalue weighted by Gasteiger charge is 2.13. The van der Waals surface area contributed by atoms with Gasteiger partial charge in [0.2, 0.25) is 5.91 Å². The van der Waals surface area contributed by atoms with Gasteiger partial charge in [0, 0.05) is 24.2 Å². The van der Waals surface area contributed by atoms with Gasteiger partial charge >= 0.3 is 0 Å². The minimum absolute atomic E-state index is 0.0651. The average Bonchev–Trinajstić information content (AvgIpc) is 2.80. The number of carbonyl (C=O) groups excluding carboxylic acids is 1. The fourth-order valence-corrected chi connectivity index (χ4v) is 1.90. The Morgan fingerprint density at radius 3 is 2.68 bits per heavy atom. The summed E-state index contributed by atoms with van der Waals surface area (Å²) in [6, 6.07) is 0. The Labute approximate surface area is 117 Å². The van der Waals surface area contributed by atoms with Crippen LogP contribution in [0.5, 0.6) is 0 Å². The Morgan fingerprint density at radius 1 is 1.42 bits per heavy atom. The zero-order chi connectivity index (χ0) is 14.3. The first-order chi connectivity index (χ1) is 8.90. The maximum Gasteiger partial charge on any atom is 0.239 e. The summed E-state index contributed by atoms with van der Waals surface area (Å²) < 4.78 is 0. The van der Waals surface area contributed by atoms with Crippen LogP contribution in [0, 0.1) is 0 Å². The fourth-order valence-electron chi connectivity index (χ4n) is 1.35. The molecule has 0 radical (unpaired) electrons. The summed E-state index contributed by atoms with van der Waals surface area (Å²) in [6.07, 6.45) is 1.76. The lowest BCUT2D eigenvalue weighted by Gasteiger charge is -2.21. The zero-order valence-corrected chi connectivity index (χ0v) is 12.6. The van der Waals surface area contributed by atoms with E-state index < -0.39 is 0 Å². The molecule has 0 bridgehead atoms. The largest absolute Gasteiger partial charge is 0.350 e. The normalized spacial score (nSPS) is 12.1. The number of aromatic nitrogens is 1.